The van der Waals surface area contributed by atoms with Crippen molar-refractivity contribution >= 4 is 29.4 Å². The van der Waals surface area contributed by atoms with Gasteiger partial charge in [-0.05, 0) is 31.2 Å². The van der Waals surface area contributed by atoms with Crippen LogP contribution in [0.15, 0.2) is 64.8 Å². The summed E-state index contributed by atoms with van der Waals surface area (Å²) in [5.74, 6) is -0.215. The lowest BCUT2D eigenvalue weighted by Crippen LogP contribution is -2.42. The second-order valence-electron chi connectivity index (χ2n) is 6.32. The zero-order chi connectivity index (χ0) is 19.5. The molecule has 0 spiro atoms. The molecule has 8 heteroatoms. The van der Waals surface area contributed by atoms with Gasteiger partial charge in [-0.2, -0.15) is 15.2 Å². The van der Waals surface area contributed by atoms with Crippen molar-refractivity contribution in [3.05, 3.63) is 54.6 Å². The molecule has 0 unspecified atom stereocenters. The van der Waals surface area contributed by atoms with E-state index in [4.69, 9.17) is 9.47 Å². The molecule has 2 aliphatic rings. The average Bonchev–Trinajstić information content (AvgIpc) is 3.02. The molecule has 2 aromatic rings. The van der Waals surface area contributed by atoms with E-state index in [0.717, 1.165) is 0 Å². The van der Waals surface area contributed by atoms with E-state index in [1.54, 1.807) is 37.3 Å². The molecule has 2 heterocycles. The molecule has 142 valence electrons. The van der Waals surface area contributed by atoms with Crippen molar-refractivity contribution in [2.24, 2.45) is 16.1 Å². The van der Waals surface area contributed by atoms with Gasteiger partial charge in [-0.3, -0.25) is 9.59 Å². The SMILES string of the molecule is CC1=NN(c2ccccc2)C(=O)[C@@H]1/C=N\NC(=O)[C@@H]1COc2ccccc2O1. The van der Waals surface area contributed by atoms with E-state index in [0.29, 0.717) is 22.9 Å². The van der Waals surface area contributed by atoms with Crippen LogP contribution in [0.5, 0.6) is 11.5 Å². The number of carbonyl (C=O) groups is 2. The zero-order valence-electron chi connectivity index (χ0n) is 15.1. The standard InChI is InChI=1S/C20H18N4O4/c1-13-15(20(26)24(23-13)14-7-3-2-4-8-14)11-21-22-19(25)18-12-27-16-9-5-6-10-17(16)28-18/h2-11,15,18H,12H2,1H3,(H,22,25)/b21-11-/t15-,18+/m1/s1. The van der Waals surface area contributed by atoms with Crippen molar-refractivity contribution in [1.82, 2.24) is 5.43 Å². The predicted octanol–water partition coefficient (Wildman–Crippen LogP) is 1.97. The molecule has 0 fully saturated rings. The summed E-state index contributed by atoms with van der Waals surface area (Å²) in [7, 11) is 0. The number of ether oxygens (including phenoxy) is 2. The van der Waals surface area contributed by atoms with Crippen molar-refractivity contribution in [1.29, 1.82) is 0 Å². The highest BCUT2D eigenvalue weighted by Gasteiger charge is 2.33. The van der Waals surface area contributed by atoms with Gasteiger partial charge in [-0.1, -0.05) is 30.3 Å². The number of para-hydroxylation sites is 3. The quantitative estimate of drug-likeness (QED) is 0.650. The summed E-state index contributed by atoms with van der Waals surface area (Å²) in [4.78, 5) is 24.9. The lowest BCUT2D eigenvalue weighted by Gasteiger charge is -2.24. The first-order valence-electron chi connectivity index (χ1n) is 8.79. The Kier molecular flexibility index (Phi) is 4.76. The Morgan fingerprint density at radius 3 is 2.68 bits per heavy atom. The number of amides is 2. The first-order valence-corrected chi connectivity index (χ1v) is 8.79. The van der Waals surface area contributed by atoms with Gasteiger partial charge in [-0.25, -0.2) is 5.43 Å². The minimum Gasteiger partial charge on any atom is -0.485 e. The molecule has 0 bridgehead atoms. The third-order valence-corrected chi connectivity index (χ3v) is 4.38. The average molecular weight is 378 g/mol. The molecular weight excluding hydrogens is 360 g/mol. The summed E-state index contributed by atoms with van der Waals surface area (Å²) < 4.78 is 11.1. The molecule has 0 aromatic heterocycles. The highest BCUT2D eigenvalue weighted by molar-refractivity contribution is 6.23. The van der Waals surface area contributed by atoms with Crippen molar-refractivity contribution in [3.8, 4) is 11.5 Å². The summed E-state index contributed by atoms with van der Waals surface area (Å²) in [5.41, 5.74) is 3.68. The molecule has 0 aliphatic carbocycles. The van der Waals surface area contributed by atoms with Crippen LogP contribution in [0.2, 0.25) is 0 Å². The van der Waals surface area contributed by atoms with E-state index in [9.17, 15) is 9.59 Å². The van der Waals surface area contributed by atoms with Crippen LogP contribution in [-0.2, 0) is 9.59 Å². The molecule has 0 radical (unpaired) electrons. The number of nitrogens with one attached hydrogen (secondary N) is 1. The van der Waals surface area contributed by atoms with Gasteiger partial charge in [0.1, 0.15) is 12.5 Å². The second kappa shape index (κ2) is 7.51. The van der Waals surface area contributed by atoms with Crippen LogP contribution >= 0.6 is 0 Å². The molecule has 2 aliphatic heterocycles. The Morgan fingerprint density at radius 1 is 1.18 bits per heavy atom. The number of anilines is 1. The lowest BCUT2D eigenvalue weighted by atomic mass is 10.1. The lowest BCUT2D eigenvalue weighted by molar-refractivity contribution is -0.130. The third-order valence-electron chi connectivity index (χ3n) is 4.38. The molecule has 28 heavy (non-hydrogen) atoms. The van der Waals surface area contributed by atoms with Crippen molar-refractivity contribution in [2.45, 2.75) is 13.0 Å². The molecule has 2 atom stereocenters. The number of rotatable bonds is 4. The number of nitrogens with zero attached hydrogens (tertiary/aromatic N) is 3. The van der Waals surface area contributed by atoms with E-state index in [2.05, 4.69) is 15.6 Å². The van der Waals surface area contributed by atoms with E-state index >= 15 is 0 Å². The summed E-state index contributed by atoms with van der Waals surface area (Å²) in [6.45, 7) is 1.83. The highest BCUT2D eigenvalue weighted by Crippen LogP contribution is 2.30. The maximum atomic E-state index is 12.6. The molecule has 0 saturated carbocycles. The van der Waals surface area contributed by atoms with Gasteiger partial charge in [0.2, 0.25) is 6.10 Å². The van der Waals surface area contributed by atoms with Gasteiger partial charge in [0, 0.05) is 6.21 Å². The predicted molar refractivity (Wildman–Crippen MR) is 104 cm³/mol. The summed E-state index contributed by atoms with van der Waals surface area (Å²) in [6.07, 6.45) is 0.557. The zero-order valence-corrected chi connectivity index (χ0v) is 15.1. The summed E-state index contributed by atoms with van der Waals surface area (Å²) >= 11 is 0. The number of hydrogen-bond donors (Lipinski definition) is 1. The first kappa shape index (κ1) is 17.7. The van der Waals surface area contributed by atoms with Crippen LogP contribution < -0.4 is 19.9 Å². The van der Waals surface area contributed by atoms with Gasteiger partial charge >= 0.3 is 0 Å². The Hall–Kier alpha value is -3.68. The van der Waals surface area contributed by atoms with Gasteiger partial charge in [-0.15, -0.1) is 0 Å². The van der Waals surface area contributed by atoms with Gasteiger partial charge < -0.3 is 9.47 Å². The van der Waals surface area contributed by atoms with Crippen molar-refractivity contribution < 1.29 is 19.1 Å². The maximum absolute atomic E-state index is 12.6. The Balaban J connectivity index is 1.37. The van der Waals surface area contributed by atoms with Crippen LogP contribution in [0.4, 0.5) is 5.69 Å². The highest BCUT2D eigenvalue weighted by atomic mass is 16.6. The fourth-order valence-corrected chi connectivity index (χ4v) is 2.90. The molecule has 2 amide bonds. The van der Waals surface area contributed by atoms with Crippen LogP contribution in [-0.4, -0.2) is 36.5 Å². The fraction of sp³-hybridized carbons (Fsp3) is 0.200. The monoisotopic (exact) mass is 378 g/mol. The minimum atomic E-state index is -0.818. The van der Waals surface area contributed by atoms with Gasteiger partial charge in [0.25, 0.3) is 11.8 Å². The largest absolute Gasteiger partial charge is 0.485 e. The van der Waals surface area contributed by atoms with E-state index in [1.165, 1.54) is 11.2 Å². The fourth-order valence-electron chi connectivity index (χ4n) is 2.90. The third kappa shape index (κ3) is 3.44. The molecular formula is C20H18N4O4. The molecule has 0 saturated heterocycles. The van der Waals surface area contributed by atoms with Crippen LogP contribution in [0.3, 0.4) is 0 Å². The minimum absolute atomic E-state index is 0.0863. The first-order chi connectivity index (χ1) is 13.6. The van der Waals surface area contributed by atoms with Crippen molar-refractivity contribution in [2.75, 3.05) is 11.6 Å². The molecule has 2 aromatic carbocycles. The maximum Gasteiger partial charge on any atom is 0.284 e. The summed E-state index contributed by atoms with van der Waals surface area (Å²) in [6, 6.07) is 16.3. The number of fused-ring (bicyclic) bond motifs is 1. The number of carbonyl (C=O) groups excluding carboxylic acids is 2. The normalized spacial score (nSPS) is 21.0. The van der Waals surface area contributed by atoms with Crippen molar-refractivity contribution in [3.63, 3.8) is 0 Å². The topological polar surface area (TPSA) is 92.6 Å². The van der Waals surface area contributed by atoms with E-state index < -0.39 is 17.9 Å². The van der Waals surface area contributed by atoms with Gasteiger partial charge in [0.05, 0.1) is 11.4 Å². The Morgan fingerprint density at radius 2 is 1.89 bits per heavy atom. The number of benzene rings is 2. The van der Waals surface area contributed by atoms with Gasteiger partial charge in [0.15, 0.2) is 11.5 Å². The molecule has 8 nitrogen and oxygen atoms in total. The molecule has 1 N–H and O–H groups in total. The van der Waals surface area contributed by atoms with Crippen LogP contribution in [0.1, 0.15) is 6.92 Å². The van der Waals surface area contributed by atoms with Crippen LogP contribution in [0, 0.1) is 5.92 Å². The number of hydrogen-bond acceptors (Lipinski definition) is 6. The molecule has 4 rings (SSSR count). The van der Waals surface area contributed by atoms with E-state index in [1.807, 2.05) is 24.3 Å². The Labute approximate surface area is 161 Å². The van der Waals surface area contributed by atoms with Crippen LogP contribution in [0.25, 0.3) is 0 Å². The number of hydrazone groups is 2. The summed E-state index contributed by atoms with van der Waals surface area (Å²) in [5, 5.41) is 9.55. The second-order valence-corrected chi connectivity index (χ2v) is 6.32. The smallest absolute Gasteiger partial charge is 0.284 e. The van der Waals surface area contributed by atoms with E-state index in [-0.39, 0.29) is 12.5 Å². The Bertz CT molecular complexity index is 958.